The molecule has 36 heavy (non-hydrogen) atoms. The summed E-state index contributed by atoms with van der Waals surface area (Å²) in [6, 6.07) is -0.612. The van der Waals surface area contributed by atoms with Crippen LogP contribution in [-0.2, 0) is 4.79 Å². The van der Waals surface area contributed by atoms with E-state index in [9.17, 15) is 15.0 Å². The third-order valence-corrected chi connectivity index (χ3v) is 7.27. The molecule has 0 spiro atoms. The first-order chi connectivity index (χ1) is 17.7. The van der Waals surface area contributed by atoms with Gasteiger partial charge in [-0.2, -0.15) is 0 Å². The summed E-state index contributed by atoms with van der Waals surface area (Å²) in [6.45, 7) is 4.27. The lowest BCUT2D eigenvalue weighted by Crippen LogP contribution is -2.45. The molecule has 0 aliphatic carbocycles. The van der Waals surface area contributed by atoms with Gasteiger partial charge in [-0.25, -0.2) is 0 Å². The van der Waals surface area contributed by atoms with Gasteiger partial charge in [-0.15, -0.1) is 0 Å². The molecule has 2 atom stereocenters. The molecule has 0 radical (unpaired) electrons. The molecule has 1 amide bonds. The summed E-state index contributed by atoms with van der Waals surface area (Å²) in [4.78, 5) is 12.2. The number of aliphatic hydroxyl groups is 2. The molecule has 3 N–H and O–H groups in total. The largest absolute Gasteiger partial charge is 0.394 e. The zero-order valence-corrected chi connectivity index (χ0v) is 24.3. The van der Waals surface area contributed by atoms with Crippen LogP contribution in [0.2, 0.25) is 0 Å². The van der Waals surface area contributed by atoms with Gasteiger partial charge in [0.05, 0.1) is 18.8 Å². The monoisotopic (exact) mass is 509 g/mol. The van der Waals surface area contributed by atoms with Gasteiger partial charge >= 0.3 is 0 Å². The third kappa shape index (κ3) is 24.8. The Hall–Kier alpha value is -0.870. The van der Waals surface area contributed by atoms with Crippen LogP contribution in [0, 0.1) is 0 Å². The van der Waals surface area contributed by atoms with Crippen molar-refractivity contribution in [2.45, 2.75) is 180 Å². The van der Waals surface area contributed by atoms with Crippen LogP contribution >= 0.6 is 0 Å². The van der Waals surface area contributed by atoms with Crippen LogP contribution in [0.5, 0.6) is 0 Å². The molecule has 0 aromatic carbocycles. The lowest BCUT2D eigenvalue weighted by Gasteiger charge is -2.20. The van der Waals surface area contributed by atoms with Crippen LogP contribution in [0.25, 0.3) is 0 Å². The average Bonchev–Trinajstić information content (AvgIpc) is 2.88. The zero-order valence-electron chi connectivity index (χ0n) is 24.3. The van der Waals surface area contributed by atoms with Crippen molar-refractivity contribution in [3.05, 3.63) is 12.2 Å². The molecular formula is C32H63NO3. The van der Waals surface area contributed by atoms with E-state index in [4.69, 9.17) is 0 Å². The van der Waals surface area contributed by atoms with Crippen molar-refractivity contribution in [1.82, 2.24) is 5.32 Å². The molecule has 214 valence electrons. The number of aliphatic hydroxyl groups excluding tert-OH is 2. The first kappa shape index (κ1) is 35.1. The van der Waals surface area contributed by atoms with Crippen molar-refractivity contribution in [3.63, 3.8) is 0 Å². The molecule has 0 aliphatic heterocycles. The van der Waals surface area contributed by atoms with Gasteiger partial charge in [-0.05, 0) is 19.3 Å². The van der Waals surface area contributed by atoms with E-state index in [0.717, 1.165) is 25.7 Å². The Labute approximate surface area is 225 Å². The number of hydrogen-bond acceptors (Lipinski definition) is 3. The van der Waals surface area contributed by atoms with Gasteiger partial charge in [-0.3, -0.25) is 4.79 Å². The van der Waals surface area contributed by atoms with Crippen LogP contribution in [0.1, 0.15) is 168 Å². The highest BCUT2D eigenvalue weighted by Gasteiger charge is 2.17. The van der Waals surface area contributed by atoms with Crippen LogP contribution < -0.4 is 5.32 Å². The van der Waals surface area contributed by atoms with E-state index in [1.165, 1.54) is 122 Å². The standard InChI is InChI=1S/C32H63NO3/c1-3-5-7-9-11-13-14-15-16-17-18-20-21-23-25-27-31(35)30(29-34)33-32(36)28-26-24-22-19-12-10-8-6-4-2/h25,27,30-31,34-35H,3-24,26,28-29H2,1-2H3,(H,33,36)/b27-25+/t30-,31-/m0/s1. The molecule has 0 saturated carbocycles. The highest BCUT2D eigenvalue weighted by atomic mass is 16.3. The number of rotatable bonds is 28. The molecule has 4 nitrogen and oxygen atoms in total. The fraction of sp³-hybridized carbons (Fsp3) is 0.906. The Kier molecular flexibility index (Phi) is 28.0. The topological polar surface area (TPSA) is 69.6 Å². The first-order valence-corrected chi connectivity index (χ1v) is 15.9. The van der Waals surface area contributed by atoms with E-state index in [0.29, 0.717) is 6.42 Å². The molecule has 0 fully saturated rings. The zero-order chi connectivity index (χ0) is 26.5. The normalized spacial score (nSPS) is 13.3. The maximum Gasteiger partial charge on any atom is 0.220 e. The number of nitrogens with one attached hydrogen (secondary N) is 1. The predicted octanol–water partition coefficient (Wildman–Crippen LogP) is 8.78. The SMILES string of the molecule is CCCCCCCCCCCCCCC/C=C/[C@H](O)[C@H](CO)NC(=O)CCCCCCCCCCC. The van der Waals surface area contributed by atoms with Gasteiger partial charge in [0, 0.05) is 6.42 Å². The highest BCUT2D eigenvalue weighted by Crippen LogP contribution is 2.13. The Morgan fingerprint density at radius 3 is 1.44 bits per heavy atom. The smallest absolute Gasteiger partial charge is 0.220 e. The molecule has 0 aromatic heterocycles. The molecule has 0 heterocycles. The quantitative estimate of drug-likeness (QED) is 0.0729. The Morgan fingerprint density at radius 1 is 0.639 bits per heavy atom. The summed E-state index contributed by atoms with van der Waals surface area (Å²) in [5.74, 6) is -0.0686. The van der Waals surface area contributed by atoms with E-state index < -0.39 is 12.1 Å². The number of carbonyl (C=O) groups excluding carboxylic acids is 1. The fourth-order valence-corrected chi connectivity index (χ4v) is 4.76. The molecule has 0 aromatic rings. The second kappa shape index (κ2) is 28.7. The van der Waals surface area contributed by atoms with Crippen molar-refractivity contribution < 1.29 is 15.0 Å². The molecule has 0 saturated heterocycles. The minimum atomic E-state index is -0.830. The Morgan fingerprint density at radius 2 is 1.03 bits per heavy atom. The summed E-state index contributed by atoms with van der Waals surface area (Å²) in [5.41, 5.74) is 0. The van der Waals surface area contributed by atoms with Crippen LogP contribution in [0.4, 0.5) is 0 Å². The van der Waals surface area contributed by atoms with E-state index >= 15 is 0 Å². The number of unbranched alkanes of at least 4 members (excludes halogenated alkanes) is 21. The maximum absolute atomic E-state index is 12.2. The van der Waals surface area contributed by atoms with Crippen LogP contribution in [0.3, 0.4) is 0 Å². The summed E-state index contributed by atoms with van der Waals surface area (Å²) in [7, 11) is 0. The molecule has 0 unspecified atom stereocenters. The second-order valence-electron chi connectivity index (χ2n) is 10.9. The van der Waals surface area contributed by atoms with Crippen LogP contribution in [-0.4, -0.2) is 34.9 Å². The molecule has 0 aliphatic rings. The summed E-state index contributed by atoms with van der Waals surface area (Å²) < 4.78 is 0. The van der Waals surface area contributed by atoms with Crippen molar-refractivity contribution in [3.8, 4) is 0 Å². The van der Waals surface area contributed by atoms with E-state index in [2.05, 4.69) is 19.2 Å². The first-order valence-electron chi connectivity index (χ1n) is 15.9. The van der Waals surface area contributed by atoms with Crippen molar-refractivity contribution in [2.24, 2.45) is 0 Å². The molecule has 0 rings (SSSR count). The fourth-order valence-electron chi connectivity index (χ4n) is 4.76. The molecular weight excluding hydrogens is 446 g/mol. The molecule has 0 bridgehead atoms. The number of amides is 1. The van der Waals surface area contributed by atoms with Gasteiger partial charge in [0.2, 0.25) is 5.91 Å². The Bertz CT molecular complexity index is 480. The van der Waals surface area contributed by atoms with Gasteiger partial charge in [0.25, 0.3) is 0 Å². The van der Waals surface area contributed by atoms with E-state index in [-0.39, 0.29) is 12.5 Å². The average molecular weight is 510 g/mol. The minimum absolute atomic E-state index is 0.0686. The van der Waals surface area contributed by atoms with Crippen molar-refractivity contribution in [1.29, 1.82) is 0 Å². The minimum Gasteiger partial charge on any atom is -0.394 e. The van der Waals surface area contributed by atoms with E-state index in [1.54, 1.807) is 6.08 Å². The Balaban J connectivity index is 3.64. The third-order valence-electron chi connectivity index (χ3n) is 7.27. The number of hydrogen-bond donors (Lipinski definition) is 3. The van der Waals surface area contributed by atoms with E-state index in [1.807, 2.05) is 6.08 Å². The van der Waals surface area contributed by atoms with Gasteiger partial charge in [0.1, 0.15) is 0 Å². The lowest BCUT2D eigenvalue weighted by atomic mass is 10.0. The summed E-state index contributed by atoms with van der Waals surface area (Å²) in [6.07, 6.45) is 32.8. The highest BCUT2D eigenvalue weighted by molar-refractivity contribution is 5.76. The van der Waals surface area contributed by atoms with Crippen LogP contribution in [0.15, 0.2) is 12.2 Å². The van der Waals surface area contributed by atoms with Gasteiger partial charge in [-0.1, -0.05) is 154 Å². The van der Waals surface area contributed by atoms with Crippen molar-refractivity contribution >= 4 is 5.91 Å². The van der Waals surface area contributed by atoms with Crippen molar-refractivity contribution in [2.75, 3.05) is 6.61 Å². The number of carbonyl (C=O) groups is 1. The summed E-state index contributed by atoms with van der Waals surface area (Å²) in [5, 5.41) is 22.7. The van der Waals surface area contributed by atoms with Gasteiger partial charge < -0.3 is 15.5 Å². The van der Waals surface area contributed by atoms with Gasteiger partial charge in [0.15, 0.2) is 0 Å². The molecule has 4 heteroatoms. The summed E-state index contributed by atoms with van der Waals surface area (Å²) >= 11 is 0. The lowest BCUT2D eigenvalue weighted by molar-refractivity contribution is -0.123. The number of allylic oxidation sites excluding steroid dienone is 1. The predicted molar refractivity (Wildman–Crippen MR) is 156 cm³/mol. The maximum atomic E-state index is 12.2. The second-order valence-corrected chi connectivity index (χ2v) is 10.9.